The van der Waals surface area contributed by atoms with E-state index in [1.807, 2.05) is 13.0 Å². The molecule has 0 fully saturated rings. The number of carboxylic acid groups (broad SMARTS) is 1. The SMILES string of the molecule is CCCCCCCCCC/C=C/C(CC(=O)NCCC)C(=O)O. The van der Waals surface area contributed by atoms with Crippen molar-refractivity contribution < 1.29 is 14.7 Å². The lowest BCUT2D eigenvalue weighted by atomic mass is 10.0. The van der Waals surface area contributed by atoms with E-state index in [2.05, 4.69) is 12.2 Å². The smallest absolute Gasteiger partial charge is 0.310 e. The topological polar surface area (TPSA) is 66.4 Å². The number of amides is 1. The molecule has 0 bridgehead atoms. The third-order valence-corrected chi connectivity index (χ3v) is 3.89. The van der Waals surface area contributed by atoms with Crippen molar-refractivity contribution in [3.05, 3.63) is 12.2 Å². The lowest BCUT2D eigenvalue weighted by Gasteiger charge is -2.08. The first kappa shape index (κ1) is 21.7. The Morgan fingerprint density at radius 1 is 0.957 bits per heavy atom. The summed E-state index contributed by atoms with van der Waals surface area (Å²) in [6.45, 7) is 4.80. The van der Waals surface area contributed by atoms with Crippen LogP contribution in [0.4, 0.5) is 0 Å². The van der Waals surface area contributed by atoms with Crippen LogP contribution in [-0.2, 0) is 9.59 Å². The maximum absolute atomic E-state index is 11.6. The highest BCUT2D eigenvalue weighted by Crippen LogP contribution is 2.11. The van der Waals surface area contributed by atoms with Gasteiger partial charge in [-0.15, -0.1) is 0 Å². The molecule has 0 aromatic carbocycles. The number of hydrogen-bond donors (Lipinski definition) is 2. The van der Waals surface area contributed by atoms with Crippen molar-refractivity contribution >= 4 is 11.9 Å². The number of unbranched alkanes of at least 4 members (excludes halogenated alkanes) is 8. The number of aliphatic carboxylic acids is 1. The molecule has 4 nitrogen and oxygen atoms in total. The molecule has 2 N–H and O–H groups in total. The molecule has 1 atom stereocenters. The van der Waals surface area contributed by atoms with Gasteiger partial charge in [0.25, 0.3) is 0 Å². The third kappa shape index (κ3) is 14.0. The maximum atomic E-state index is 11.6. The predicted octanol–water partition coefficient (Wildman–Crippen LogP) is 4.69. The number of hydrogen-bond acceptors (Lipinski definition) is 2. The average molecular weight is 325 g/mol. The highest BCUT2D eigenvalue weighted by molar-refractivity contribution is 5.83. The fourth-order valence-corrected chi connectivity index (χ4v) is 2.43. The summed E-state index contributed by atoms with van der Waals surface area (Å²) in [7, 11) is 0. The van der Waals surface area contributed by atoms with E-state index in [1.54, 1.807) is 6.08 Å². The lowest BCUT2D eigenvalue weighted by Crippen LogP contribution is -2.28. The van der Waals surface area contributed by atoms with E-state index in [1.165, 1.54) is 44.9 Å². The molecule has 0 rings (SSSR count). The summed E-state index contributed by atoms with van der Waals surface area (Å²) in [6.07, 6.45) is 15.5. The Kier molecular flexibility index (Phi) is 14.7. The van der Waals surface area contributed by atoms with E-state index in [0.717, 1.165) is 19.3 Å². The molecule has 0 saturated heterocycles. The van der Waals surface area contributed by atoms with E-state index < -0.39 is 11.9 Å². The summed E-state index contributed by atoms with van der Waals surface area (Å²) in [5.74, 6) is -1.82. The highest BCUT2D eigenvalue weighted by atomic mass is 16.4. The second-order valence-corrected chi connectivity index (χ2v) is 6.19. The monoisotopic (exact) mass is 325 g/mol. The van der Waals surface area contributed by atoms with Crippen molar-refractivity contribution in [1.82, 2.24) is 5.32 Å². The minimum Gasteiger partial charge on any atom is -0.481 e. The van der Waals surface area contributed by atoms with Crippen LogP contribution in [0.5, 0.6) is 0 Å². The Morgan fingerprint density at radius 3 is 2.13 bits per heavy atom. The van der Waals surface area contributed by atoms with E-state index >= 15 is 0 Å². The molecule has 1 amide bonds. The fraction of sp³-hybridized carbons (Fsp3) is 0.789. The molecule has 0 heterocycles. The molecule has 134 valence electrons. The Bertz CT molecular complexity index is 340. The number of allylic oxidation sites excluding steroid dienone is 1. The molecule has 0 spiro atoms. The van der Waals surface area contributed by atoms with Gasteiger partial charge in [0.2, 0.25) is 5.91 Å². The molecular weight excluding hydrogens is 290 g/mol. The zero-order chi connectivity index (χ0) is 17.3. The third-order valence-electron chi connectivity index (χ3n) is 3.89. The Balaban J connectivity index is 3.78. The first-order chi connectivity index (χ1) is 11.1. The first-order valence-electron chi connectivity index (χ1n) is 9.28. The van der Waals surface area contributed by atoms with Crippen molar-refractivity contribution in [3.63, 3.8) is 0 Å². The lowest BCUT2D eigenvalue weighted by molar-refractivity contribution is -0.142. The summed E-state index contributed by atoms with van der Waals surface area (Å²) in [6, 6.07) is 0. The van der Waals surface area contributed by atoms with Gasteiger partial charge in [0.05, 0.1) is 5.92 Å². The van der Waals surface area contributed by atoms with E-state index in [0.29, 0.717) is 6.54 Å². The van der Waals surface area contributed by atoms with Crippen LogP contribution in [0.3, 0.4) is 0 Å². The number of rotatable bonds is 15. The van der Waals surface area contributed by atoms with E-state index in [9.17, 15) is 9.59 Å². The first-order valence-corrected chi connectivity index (χ1v) is 9.28. The van der Waals surface area contributed by atoms with Crippen LogP contribution in [0, 0.1) is 5.92 Å². The highest BCUT2D eigenvalue weighted by Gasteiger charge is 2.17. The molecule has 0 saturated carbocycles. The van der Waals surface area contributed by atoms with Crippen LogP contribution in [0.1, 0.15) is 84.5 Å². The van der Waals surface area contributed by atoms with E-state index in [4.69, 9.17) is 5.11 Å². The van der Waals surface area contributed by atoms with Gasteiger partial charge in [-0.25, -0.2) is 0 Å². The molecular formula is C19H35NO3. The summed E-state index contributed by atoms with van der Waals surface area (Å²) >= 11 is 0. The molecule has 0 aromatic heterocycles. The van der Waals surface area contributed by atoms with Crippen molar-refractivity contribution in [1.29, 1.82) is 0 Å². The summed E-state index contributed by atoms with van der Waals surface area (Å²) < 4.78 is 0. The minimum absolute atomic E-state index is 0.0310. The summed E-state index contributed by atoms with van der Waals surface area (Å²) in [4.78, 5) is 22.8. The van der Waals surface area contributed by atoms with Crippen molar-refractivity contribution in [2.45, 2.75) is 84.5 Å². The number of carboxylic acids is 1. The van der Waals surface area contributed by atoms with Crippen LogP contribution >= 0.6 is 0 Å². The second kappa shape index (κ2) is 15.6. The van der Waals surface area contributed by atoms with Gasteiger partial charge >= 0.3 is 5.97 Å². The van der Waals surface area contributed by atoms with Crippen LogP contribution in [0.2, 0.25) is 0 Å². The molecule has 0 aliphatic carbocycles. The van der Waals surface area contributed by atoms with Crippen molar-refractivity contribution in [3.8, 4) is 0 Å². The number of nitrogens with one attached hydrogen (secondary N) is 1. The van der Waals surface area contributed by atoms with Gasteiger partial charge in [-0.05, 0) is 19.3 Å². The molecule has 4 heteroatoms. The van der Waals surface area contributed by atoms with Crippen LogP contribution < -0.4 is 5.32 Å². The zero-order valence-corrected chi connectivity index (χ0v) is 15.0. The molecule has 0 aliphatic rings. The Morgan fingerprint density at radius 2 is 1.57 bits per heavy atom. The Labute approximate surface area is 141 Å². The Hall–Kier alpha value is -1.32. The largest absolute Gasteiger partial charge is 0.481 e. The normalized spacial score (nSPS) is 12.4. The molecule has 0 aromatic rings. The van der Waals surface area contributed by atoms with Gasteiger partial charge < -0.3 is 10.4 Å². The van der Waals surface area contributed by atoms with E-state index in [-0.39, 0.29) is 12.3 Å². The van der Waals surface area contributed by atoms with Crippen LogP contribution in [0.15, 0.2) is 12.2 Å². The molecule has 23 heavy (non-hydrogen) atoms. The number of carbonyl (C=O) groups is 2. The second-order valence-electron chi connectivity index (χ2n) is 6.19. The zero-order valence-electron chi connectivity index (χ0n) is 15.0. The van der Waals surface area contributed by atoms with Gasteiger partial charge in [0, 0.05) is 13.0 Å². The summed E-state index contributed by atoms with van der Waals surface area (Å²) in [5, 5.41) is 11.9. The van der Waals surface area contributed by atoms with Gasteiger partial charge in [-0.2, -0.15) is 0 Å². The predicted molar refractivity (Wildman–Crippen MR) is 95.4 cm³/mol. The molecule has 0 aliphatic heterocycles. The van der Waals surface area contributed by atoms with Gasteiger partial charge in [0.15, 0.2) is 0 Å². The van der Waals surface area contributed by atoms with Crippen molar-refractivity contribution in [2.75, 3.05) is 6.54 Å². The molecule has 1 unspecified atom stereocenters. The van der Waals surface area contributed by atoms with Crippen molar-refractivity contribution in [2.24, 2.45) is 5.92 Å². The standard InChI is InChI=1S/C19H35NO3/c1-3-5-6-7-8-9-10-11-12-13-14-17(19(22)23)16-18(21)20-15-4-2/h13-14,17H,3-12,15-16H2,1-2H3,(H,20,21)(H,22,23)/b14-13+. The van der Waals surface area contributed by atoms with Crippen LogP contribution in [-0.4, -0.2) is 23.5 Å². The van der Waals surface area contributed by atoms with Gasteiger partial charge in [-0.1, -0.05) is 70.9 Å². The average Bonchev–Trinajstić information content (AvgIpc) is 2.53. The fourth-order valence-electron chi connectivity index (χ4n) is 2.43. The number of carbonyl (C=O) groups excluding carboxylic acids is 1. The molecule has 0 radical (unpaired) electrons. The van der Waals surface area contributed by atoms with Gasteiger partial charge in [-0.3, -0.25) is 9.59 Å². The van der Waals surface area contributed by atoms with Gasteiger partial charge in [0.1, 0.15) is 0 Å². The van der Waals surface area contributed by atoms with Crippen LogP contribution in [0.25, 0.3) is 0 Å². The maximum Gasteiger partial charge on any atom is 0.310 e. The minimum atomic E-state index is -0.927. The summed E-state index contributed by atoms with van der Waals surface area (Å²) in [5.41, 5.74) is 0. The quantitative estimate of drug-likeness (QED) is 0.339.